The molecule has 2 atom stereocenters. The van der Waals surface area contributed by atoms with Crippen LogP contribution in [0, 0.1) is 11.3 Å². The van der Waals surface area contributed by atoms with Crippen LogP contribution < -0.4 is 5.32 Å². The van der Waals surface area contributed by atoms with E-state index in [0.717, 1.165) is 32.8 Å². The summed E-state index contributed by atoms with van der Waals surface area (Å²) in [4.78, 5) is 13.7. The third-order valence-electron chi connectivity index (χ3n) is 4.73. The molecule has 0 unspecified atom stereocenters. The van der Waals surface area contributed by atoms with Crippen molar-refractivity contribution in [2.75, 3.05) is 32.8 Å². The molecule has 0 aromatic heterocycles. The van der Waals surface area contributed by atoms with Crippen molar-refractivity contribution in [3.63, 3.8) is 0 Å². The Hall–Kier alpha value is -0.610. The molecule has 0 saturated carbocycles. The van der Waals surface area contributed by atoms with Crippen molar-refractivity contribution in [1.29, 1.82) is 0 Å². The van der Waals surface area contributed by atoms with Gasteiger partial charge in [-0.05, 0) is 31.3 Å². The summed E-state index contributed by atoms with van der Waals surface area (Å²) in [5.41, 5.74) is 0.345. The number of nitrogens with zero attached hydrogens (tertiary/aromatic N) is 1. The minimum atomic E-state index is 0.218. The highest BCUT2D eigenvalue weighted by molar-refractivity contribution is 5.74. The highest BCUT2D eigenvalue weighted by Gasteiger charge is 2.55. The summed E-state index contributed by atoms with van der Waals surface area (Å²) in [6.07, 6.45) is 2.39. The summed E-state index contributed by atoms with van der Waals surface area (Å²) in [6, 6.07) is 0.357. The lowest BCUT2D eigenvalue weighted by Gasteiger charge is -2.37. The zero-order valence-corrected chi connectivity index (χ0v) is 9.87. The van der Waals surface area contributed by atoms with Gasteiger partial charge >= 0.3 is 0 Å². The molecular weight excluding hydrogens is 204 g/mol. The summed E-state index contributed by atoms with van der Waals surface area (Å²) in [6.45, 7) is 6.44. The van der Waals surface area contributed by atoms with Gasteiger partial charge in [-0.2, -0.15) is 0 Å². The van der Waals surface area contributed by atoms with Crippen molar-refractivity contribution in [3.8, 4) is 0 Å². The first-order valence-corrected chi connectivity index (χ1v) is 6.29. The average Bonchev–Trinajstić information content (AvgIpc) is 2.84. The van der Waals surface area contributed by atoms with Gasteiger partial charge in [0.1, 0.15) is 0 Å². The van der Waals surface area contributed by atoms with Crippen LogP contribution in [0.2, 0.25) is 0 Å². The number of rotatable bonds is 0. The molecule has 0 radical (unpaired) electrons. The van der Waals surface area contributed by atoms with Gasteiger partial charge in [-0.15, -0.1) is 0 Å². The highest BCUT2D eigenvalue weighted by atomic mass is 16.5. The maximum Gasteiger partial charge on any atom is 0.219 e. The Morgan fingerprint density at radius 1 is 1.38 bits per heavy atom. The summed E-state index contributed by atoms with van der Waals surface area (Å²) >= 11 is 0. The molecule has 0 aromatic rings. The molecular formula is C12H20N2O2. The van der Waals surface area contributed by atoms with E-state index in [1.54, 1.807) is 6.92 Å². The molecule has 1 spiro atoms. The Labute approximate surface area is 96.3 Å². The minimum Gasteiger partial charge on any atom is -0.379 e. The Morgan fingerprint density at radius 2 is 2.12 bits per heavy atom. The fraction of sp³-hybridized carbons (Fsp3) is 0.917. The maximum absolute atomic E-state index is 11.7. The van der Waals surface area contributed by atoms with Crippen molar-refractivity contribution in [2.24, 2.45) is 11.3 Å². The lowest BCUT2D eigenvalue weighted by atomic mass is 9.70. The molecule has 4 heteroatoms. The number of fused-ring (bicyclic) bond motifs is 2. The molecule has 0 aromatic carbocycles. The average molecular weight is 224 g/mol. The molecule has 16 heavy (non-hydrogen) atoms. The van der Waals surface area contributed by atoms with E-state index < -0.39 is 0 Å². The molecule has 0 bridgehead atoms. The summed E-state index contributed by atoms with van der Waals surface area (Å²) in [7, 11) is 0. The number of hydrogen-bond acceptors (Lipinski definition) is 3. The van der Waals surface area contributed by atoms with Crippen LogP contribution in [0.5, 0.6) is 0 Å². The second kappa shape index (κ2) is 3.70. The third kappa shape index (κ3) is 1.39. The van der Waals surface area contributed by atoms with Gasteiger partial charge in [-0.25, -0.2) is 0 Å². The fourth-order valence-corrected chi connectivity index (χ4v) is 3.81. The molecule has 1 N–H and O–H groups in total. The monoisotopic (exact) mass is 224 g/mol. The first kappa shape index (κ1) is 10.5. The molecule has 3 aliphatic rings. The molecule has 1 amide bonds. The van der Waals surface area contributed by atoms with E-state index >= 15 is 0 Å². The quantitative estimate of drug-likeness (QED) is 0.640. The van der Waals surface area contributed by atoms with Gasteiger partial charge < -0.3 is 15.0 Å². The van der Waals surface area contributed by atoms with E-state index in [4.69, 9.17) is 4.74 Å². The lowest BCUT2D eigenvalue weighted by Crippen LogP contribution is -2.43. The van der Waals surface area contributed by atoms with Gasteiger partial charge in [0.2, 0.25) is 5.91 Å². The maximum atomic E-state index is 11.7. The van der Waals surface area contributed by atoms with E-state index in [-0.39, 0.29) is 5.91 Å². The number of ether oxygens (including phenoxy) is 1. The van der Waals surface area contributed by atoms with E-state index in [9.17, 15) is 4.79 Å². The van der Waals surface area contributed by atoms with Crippen LogP contribution in [-0.2, 0) is 9.53 Å². The number of nitrogens with one attached hydrogen (secondary N) is 1. The predicted molar refractivity (Wildman–Crippen MR) is 60.0 cm³/mol. The van der Waals surface area contributed by atoms with E-state index in [2.05, 4.69) is 10.2 Å². The van der Waals surface area contributed by atoms with Crippen molar-refractivity contribution in [1.82, 2.24) is 10.2 Å². The Kier molecular flexibility index (Phi) is 2.44. The van der Waals surface area contributed by atoms with E-state index in [1.165, 1.54) is 12.8 Å². The zero-order valence-electron chi connectivity index (χ0n) is 9.87. The fourth-order valence-electron chi connectivity index (χ4n) is 3.81. The third-order valence-corrected chi connectivity index (χ3v) is 4.73. The van der Waals surface area contributed by atoms with Gasteiger partial charge in [0.25, 0.3) is 0 Å². The Balaban J connectivity index is 1.87. The largest absolute Gasteiger partial charge is 0.379 e. The highest BCUT2D eigenvalue weighted by Crippen LogP contribution is 2.49. The Bertz CT molecular complexity index is 299. The van der Waals surface area contributed by atoms with Crippen LogP contribution in [0.4, 0.5) is 0 Å². The first-order chi connectivity index (χ1) is 7.73. The summed E-state index contributed by atoms with van der Waals surface area (Å²) < 4.78 is 5.61. The van der Waals surface area contributed by atoms with Gasteiger partial charge in [0, 0.05) is 19.4 Å². The zero-order chi connectivity index (χ0) is 11.2. The van der Waals surface area contributed by atoms with Crippen LogP contribution in [-0.4, -0.2) is 49.7 Å². The number of hydrogen-bond donors (Lipinski definition) is 1. The van der Waals surface area contributed by atoms with Crippen LogP contribution >= 0.6 is 0 Å². The van der Waals surface area contributed by atoms with Gasteiger partial charge in [0.15, 0.2) is 0 Å². The second-order valence-electron chi connectivity index (χ2n) is 5.47. The number of carbonyl (C=O) groups is 1. The second-order valence-corrected chi connectivity index (χ2v) is 5.47. The van der Waals surface area contributed by atoms with Gasteiger partial charge in [-0.3, -0.25) is 4.79 Å². The topological polar surface area (TPSA) is 41.6 Å². The number of piperidine rings is 1. The van der Waals surface area contributed by atoms with Crippen LogP contribution in [0.15, 0.2) is 0 Å². The minimum absolute atomic E-state index is 0.218. The normalized spacial score (nSPS) is 36.7. The van der Waals surface area contributed by atoms with E-state index in [0.29, 0.717) is 17.4 Å². The number of likely N-dealkylation sites (tertiary alicyclic amines) is 1. The molecule has 4 nitrogen and oxygen atoms in total. The van der Waals surface area contributed by atoms with Gasteiger partial charge in [-0.1, -0.05) is 0 Å². The predicted octanol–water partition coefficient (Wildman–Crippen LogP) is 0.233. The SMILES string of the molecule is CC(=O)N1CC2(CCNCC2)[C@@H]2COC[C@@H]21. The van der Waals surface area contributed by atoms with Crippen LogP contribution in [0.3, 0.4) is 0 Å². The molecule has 3 rings (SSSR count). The summed E-state index contributed by atoms with van der Waals surface area (Å²) in [5, 5.41) is 3.42. The number of amides is 1. The van der Waals surface area contributed by atoms with Crippen LogP contribution in [0.25, 0.3) is 0 Å². The summed E-state index contributed by atoms with van der Waals surface area (Å²) in [5.74, 6) is 0.800. The number of carbonyl (C=O) groups excluding carboxylic acids is 1. The van der Waals surface area contributed by atoms with E-state index in [1.807, 2.05) is 0 Å². The molecule has 3 aliphatic heterocycles. The smallest absolute Gasteiger partial charge is 0.219 e. The van der Waals surface area contributed by atoms with Crippen molar-refractivity contribution in [3.05, 3.63) is 0 Å². The molecule has 3 fully saturated rings. The standard InChI is InChI=1S/C12H20N2O2/c1-9(15)14-8-12(2-4-13-5-3-12)10-6-16-7-11(10)14/h10-11,13H,2-8H2,1H3/t10-,11+/m1/s1. The Morgan fingerprint density at radius 3 is 2.81 bits per heavy atom. The molecule has 3 saturated heterocycles. The van der Waals surface area contributed by atoms with Gasteiger partial charge in [0.05, 0.1) is 19.3 Å². The van der Waals surface area contributed by atoms with Crippen molar-refractivity contribution < 1.29 is 9.53 Å². The van der Waals surface area contributed by atoms with Crippen molar-refractivity contribution >= 4 is 5.91 Å². The van der Waals surface area contributed by atoms with Crippen molar-refractivity contribution in [2.45, 2.75) is 25.8 Å². The first-order valence-electron chi connectivity index (χ1n) is 6.29. The molecule has 90 valence electrons. The van der Waals surface area contributed by atoms with Crippen LogP contribution in [0.1, 0.15) is 19.8 Å². The lowest BCUT2D eigenvalue weighted by molar-refractivity contribution is -0.130. The molecule has 0 aliphatic carbocycles. The molecule has 3 heterocycles.